The SMILES string of the molecule is CN=C([S-])N/N=C(/C=N/NC(=NC)SC)c1ccc2c(c1)OCO2.[Cu+]. The number of thioether (sulfide) groups is 1. The van der Waals surface area contributed by atoms with E-state index >= 15 is 0 Å². The van der Waals surface area contributed by atoms with Crippen LogP contribution < -0.4 is 20.3 Å². The van der Waals surface area contributed by atoms with Crippen LogP contribution in [0.15, 0.2) is 38.4 Å². The number of benzene rings is 1. The van der Waals surface area contributed by atoms with Gasteiger partial charge in [-0.05, 0) is 29.6 Å². The smallest absolute Gasteiger partial charge is 0.741 e. The Bertz CT molecular complexity index is 709. The summed E-state index contributed by atoms with van der Waals surface area (Å²) in [6.45, 7) is 0.210. The van der Waals surface area contributed by atoms with Crippen LogP contribution in [0.25, 0.3) is 0 Å². The molecule has 0 saturated heterocycles. The van der Waals surface area contributed by atoms with Crippen molar-refractivity contribution in [2.75, 3.05) is 27.1 Å². The van der Waals surface area contributed by atoms with Crippen molar-refractivity contribution in [1.29, 1.82) is 0 Å². The molecule has 2 N–H and O–H groups in total. The fraction of sp³-hybridized carbons (Fsp3) is 0.286. The molecule has 1 aliphatic heterocycles. The van der Waals surface area contributed by atoms with Gasteiger partial charge < -0.3 is 22.1 Å². The normalized spacial score (nSPS) is 14.4. The second-order valence-electron chi connectivity index (χ2n) is 4.31. The Kier molecular flexibility index (Phi) is 9.28. The molecule has 0 bridgehead atoms. The topological polar surface area (TPSA) is 92.0 Å². The van der Waals surface area contributed by atoms with Crippen molar-refractivity contribution in [3.8, 4) is 11.5 Å². The Labute approximate surface area is 166 Å². The van der Waals surface area contributed by atoms with Crippen LogP contribution in [0.5, 0.6) is 11.5 Å². The fourth-order valence-electron chi connectivity index (χ4n) is 1.72. The number of hydrazone groups is 2. The first-order chi connectivity index (χ1) is 11.7. The van der Waals surface area contributed by atoms with Crippen LogP contribution >= 0.6 is 11.8 Å². The Balaban J connectivity index is 0.00000312. The standard InChI is InChI=1S/C14H18N6O2S2.Cu/c1-15-13(23)19-18-10(7-17-20-14(16-2)24-3)9-4-5-11-12(6-9)22-8-21-11;/h4-7H,8H2,1-3H3,(H,16,20)(H2,15,19,23);/q;+1/p-1/b17-7+,18-10-;. The van der Waals surface area contributed by atoms with Gasteiger partial charge in [-0.25, -0.2) is 0 Å². The molecular weight excluding hydrogens is 412 g/mol. The number of aliphatic imine (C=N–C) groups is 2. The summed E-state index contributed by atoms with van der Waals surface area (Å²) >= 11 is 6.44. The zero-order valence-corrected chi connectivity index (χ0v) is 16.3. The molecule has 1 aromatic carbocycles. The zero-order valence-electron chi connectivity index (χ0n) is 13.7. The van der Waals surface area contributed by atoms with Crippen molar-refractivity contribution in [1.82, 2.24) is 10.9 Å². The molecule has 11 heteroatoms. The van der Waals surface area contributed by atoms with E-state index < -0.39 is 0 Å². The molecule has 0 radical (unpaired) electrons. The number of nitrogens with one attached hydrogen (secondary N) is 2. The summed E-state index contributed by atoms with van der Waals surface area (Å²) in [4.78, 5) is 7.87. The van der Waals surface area contributed by atoms with Crippen LogP contribution in [0.2, 0.25) is 0 Å². The predicted octanol–water partition coefficient (Wildman–Crippen LogP) is 1.16. The van der Waals surface area contributed by atoms with Gasteiger partial charge in [0.2, 0.25) is 6.79 Å². The van der Waals surface area contributed by atoms with Gasteiger partial charge >= 0.3 is 17.1 Å². The van der Waals surface area contributed by atoms with E-state index in [0.29, 0.717) is 22.4 Å². The Morgan fingerprint density at radius 3 is 2.64 bits per heavy atom. The van der Waals surface area contributed by atoms with Crippen LogP contribution in [-0.4, -0.2) is 49.4 Å². The monoisotopic (exact) mass is 428 g/mol. The maximum Gasteiger partial charge on any atom is 1.00 e. The van der Waals surface area contributed by atoms with Gasteiger partial charge in [0.1, 0.15) is 5.71 Å². The second-order valence-corrected chi connectivity index (χ2v) is 5.49. The summed E-state index contributed by atoms with van der Waals surface area (Å²) in [5, 5.41) is 9.34. The first kappa shape index (κ1) is 21.2. The molecule has 1 heterocycles. The number of fused-ring (bicyclic) bond motifs is 1. The minimum absolute atomic E-state index is 0. The molecule has 1 aliphatic rings. The Morgan fingerprint density at radius 2 is 1.96 bits per heavy atom. The molecule has 2 rings (SSSR count). The molecular formula is C14H17CuN6O2S2. The average Bonchev–Trinajstić information content (AvgIpc) is 3.08. The van der Waals surface area contributed by atoms with Gasteiger partial charge in [-0.3, -0.25) is 20.8 Å². The minimum atomic E-state index is 0. The van der Waals surface area contributed by atoms with Crippen LogP contribution in [0, 0.1) is 0 Å². The number of rotatable bonds is 4. The third-order valence-electron chi connectivity index (χ3n) is 2.89. The number of hydrogen-bond donors (Lipinski definition) is 2. The van der Waals surface area contributed by atoms with E-state index in [-0.39, 0.29) is 29.0 Å². The third kappa shape index (κ3) is 6.20. The number of amidine groups is 2. The number of nitrogens with zero attached hydrogens (tertiary/aromatic N) is 4. The minimum Gasteiger partial charge on any atom is -0.741 e. The molecule has 8 nitrogen and oxygen atoms in total. The largest absolute Gasteiger partial charge is 1.00 e. The zero-order chi connectivity index (χ0) is 17.4. The van der Waals surface area contributed by atoms with Crippen molar-refractivity contribution < 1.29 is 26.5 Å². The summed E-state index contributed by atoms with van der Waals surface area (Å²) in [5.41, 5.74) is 6.86. The van der Waals surface area contributed by atoms with Gasteiger partial charge in [0.25, 0.3) is 0 Å². The number of ether oxygens (including phenoxy) is 2. The van der Waals surface area contributed by atoms with Gasteiger partial charge in [0, 0.05) is 19.7 Å². The van der Waals surface area contributed by atoms with Gasteiger partial charge in [0.15, 0.2) is 16.7 Å². The van der Waals surface area contributed by atoms with Crippen LogP contribution in [-0.2, 0) is 29.7 Å². The molecule has 25 heavy (non-hydrogen) atoms. The van der Waals surface area contributed by atoms with Crippen LogP contribution in [0.4, 0.5) is 0 Å². The van der Waals surface area contributed by atoms with Crippen molar-refractivity contribution in [2.45, 2.75) is 0 Å². The van der Waals surface area contributed by atoms with E-state index in [1.165, 1.54) is 11.8 Å². The van der Waals surface area contributed by atoms with Gasteiger partial charge in [-0.15, -0.1) is 0 Å². The Morgan fingerprint density at radius 1 is 1.20 bits per heavy atom. The first-order valence-electron chi connectivity index (χ1n) is 6.85. The summed E-state index contributed by atoms with van der Waals surface area (Å²) in [6.07, 6.45) is 3.46. The fourth-order valence-corrected chi connectivity index (χ4v) is 2.09. The third-order valence-corrected chi connectivity index (χ3v) is 3.82. The molecule has 0 aromatic heterocycles. The predicted molar refractivity (Wildman–Crippen MR) is 101 cm³/mol. The quantitative estimate of drug-likeness (QED) is 0.246. The van der Waals surface area contributed by atoms with E-state index in [1.807, 2.05) is 24.5 Å². The van der Waals surface area contributed by atoms with Crippen LogP contribution in [0.1, 0.15) is 5.56 Å². The van der Waals surface area contributed by atoms with Gasteiger partial charge in [-0.2, -0.15) is 10.2 Å². The Hall–Kier alpha value is -1.81. The van der Waals surface area contributed by atoms with E-state index in [0.717, 1.165) is 5.56 Å². The molecule has 0 atom stereocenters. The van der Waals surface area contributed by atoms with Crippen molar-refractivity contribution >= 4 is 46.7 Å². The first-order valence-corrected chi connectivity index (χ1v) is 8.48. The summed E-state index contributed by atoms with van der Waals surface area (Å²) in [6, 6.07) is 5.50. The molecule has 0 saturated carbocycles. The van der Waals surface area contributed by atoms with E-state index in [1.54, 1.807) is 20.3 Å². The molecule has 0 fully saturated rings. The van der Waals surface area contributed by atoms with E-state index in [4.69, 9.17) is 22.1 Å². The summed E-state index contributed by atoms with van der Waals surface area (Å²) < 4.78 is 10.7. The molecule has 138 valence electrons. The molecule has 0 spiro atoms. The molecule has 0 unspecified atom stereocenters. The van der Waals surface area contributed by atoms with Crippen molar-refractivity contribution in [3.63, 3.8) is 0 Å². The molecule has 0 amide bonds. The maximum atomic E-state index is 5.39. The van der Waals surface area contributed by atoms with Crippen molar-refractivity contribution in [2.24, 2.45) is 20.2 Å². The van der Waals surface area contributed by atoms with E-state index in [2.05, 4.69) is 31.0 Å². The van der Waals surface area contributed by atoms with Gasteiger partial charge in [-0.1, -0.05) is 11.8 Å². The van der Waals surface area contributed by atoms with Gasteiger partial charge in [0.05, 0.1) is 6.21 Å². The summed E-state index contributed by atoms with van der Waals surface area (Å²) in [7, 11) is 3.27. The summed E-state index contributed by atoms with van der Waals surface area (Å²) in [5.74, 6) is 1.35. The molecule has 0 aliphatic carbocycles. The van der Waals surface area contributed by atoms with E-state index in [9.17, 15) is 0 Å². The van der Waals surface area contributed by atoms with Crippen LogP contribution in [0.3, 0.4) is 0 Å². The molecule has 1 aromatic rings. The average molecular weight is 429 g/mol. The number of hydrogen-bond acceptors (Lipinski definition) is 8. The second kappa shape index (κ2) is 10.9. The maximum absolute atomic E-state index is 5.39. The van der Waals surface area contributed by atoms with Crippen molar-refractivity contribution in [3.05, 3.63) is 23.8 Å².